The molecule has 5 aromatic carbocycles. The largest absolute Gasteiger partial charge is 0 e. The zero-order chi connectivity index (χ0) is 44.6. The number of furan rings is 1. The molecule has 7 heteroatoms. The van der Waals surface area contributed by atoms with E-state index in [9.17, 15) is 0 Å². The predicted molar refractivity (Wildman–Crippen MR) is 270 cm³/mol. The van der Waals surface area contributed by atoms with Crippen LogP contribution >= 0.6 is 0 Å². The van der Waals surface area contributed by atoms with Gasteiger partial charge in [0.2, 0.25) is 5.71 Å². The zero-order valence-corrected chi connectivity index (χ0v) is 43.6. The number of rotatable bonds is 9. The summed E-state index contributed by atoms with van der Waals surface area (Å²) in [5.41, 5.74) is 13.7. The van der Waals surface area contributed by atoms with Crippen molar-refractivity contribution in [3.8, 4) is 39.5 Å². The summed E-state index contributed by atoms with van der Waals surface area (Å²) >= 11 is -1.86. The molecule has 4 heterocycles. The summed E-state index contributed by atoms with van der Waals surface area (Å²) < 4.78 is 10.4. The van der Waals surface area contributed by atoms with Gasteiger partial charge in [0.15, 0.2) is 0 Å². The first-order chi connectivity index (χ1) is 30.8. The van der Waals surface area contributed by atoms with Crippen molar-refractivity contribution in [1.29, 1.82) is 0 Å². The Bertz CT molecular complexity index is 3060. The van der Waals surface area contributed by atoms with Gasteiger partial charge < -0.3 is 8.98 Å². The Balaban J connectivity index is 0.000000232. The van der Waals surface area contributed by atoms with Gasteiger partial charge in [-0.3, -0.25) is 4.98 Å². The monoisotopic (exact) mass is 1100 g/mol. The molecule has 333 valence electrons. The number of para-hydroxylation sites is 2. The van der Waals surface area contributed by atoms with Crippen LogP contribution in [0.3, 0.4) is 0 Å². The van der Waals surface area contributed by atoms with Gasteiger partial charge in [-0.05, 0) is 70.8 Å². The van der Waals surface area contributed by atoms with E-state index >= 15 is 0 Å². The fourth-order valence-electron chi connectivity index (χ4n) is 9.51. The minimum Gasteiger partial charge on any atom is 0 e. The van der Waals surface area contributed by atoms with Gasteiger partial charge in [-0.2, -0.15) is 0 Å². The molecule has 0 amide bonds. The van der Waals surface area contributed by atoms with Crippen LogP contribution in [-0.2, 0) is 38.4 Å². The number of hydrogen-bond donors (Lipinski definition) is 0. The first kappa shape index (κ1) is 46.4. The zero-order valence-electron chi connectivity index (χ0n) is 39.1. The number of hydrogen-bond acceptors (Lipinski definition) is 4. The van der Waals surface area contributed by atoms with Gasteiger partial charge in [-0.1, -0.05) is 106 Å². The fraction of sp³-hybridized carbons (Fsp3) is 0.293. The molecule has 1 radical (unpaired) electrons. The Labute approximate surface area is 401 Å². The standard InChI is InChI=1S/C40H36N3O.C18H24GeN.Ir/c1-40(2,3)33-25-28(27-14-5-4-6-15-27)20-23-35(33)43-36-19-10-9-18-34(36)42-38(43)32-17-11-16-30-31-22-21-29(24-26-12-7-8-13-26)41-39(31)44-37(30)32;1-14(2)11-16-12-18(15-9-7-6-8-10-15)20-13-17(16)19(3,4)5;/h4-6,9-11,14-16,18-23,25-26H,7-8,12-13,24H2,1-3H3;6-9,12-14H,11H2,1-5H3;/q2*-1;. The number of fused-ring (bicyclic) bond motifs is 4. The number of pyridine rings is 2. The molecule has 10 rings (SSSR count). The third kappa shape index (κ3) is 10.0. The molecule has 0 atom stereocenters. The molecule has 0 aliphatic heterocycles. The SMILES string of the molecule is CC(C)(C)c1cc(-c2ccccc2)ccc1-n1c(-c2[c-]ccc3c2oc2nc(CC4CCCC4)ccc23)nc2ccccc21.CC(C)Cc1cc(-c2[c-]cccc2)nc[c]1[Ge]([CH3])([CH3])[CH3].[Ir]. The van der Waals surface area contributed by atoms with Crippen LogP contribution in [0.15, 0.2) is 138 Å². The second-order valence-corrected chi connectivity index (χ2v) is 30.7. The van der Waals surface area contributed by atoms with Gasteiger partial charge in [0.25, 0.3) is 0 Å². The van der Waals surface area contributed by atoms with E-state index in [0.717, 1.165) is 80.2 Å². The molecule has 0 unspecified atom stereocenters. The van der Waals surface area contributed by atoms with E-state index in [0.29, 0.717) is 11.6 Å². The first-order valence-corrected chi connectivity index (χ1v) is 30.5. The third-order valence-electron chi connectivity index (χ3n) is 12.7. The molecule has 0 saturated heterocycles. The summed E-state index contributed by atoms with van der Waals surface area (Å²) in [6.45, 7) is 11.4. The fourth-order valence-corrected chi connectivity index (χ4v) is 12.8. The van der Waals surface area contributed by atoms with Crippen LogP contribution in [0.1, 0.15) is 77.1 Å². The normalized spacial score (nSPS) is 13.4. The van der Waals surface area contributed by atoms with Gasteiger partial charge >= 0.3 is 126 Å². The van der Waals surface area contributed by atoms with Crippen molar-refractivity contribution in [2.45, 2.75) is 95.8 Å². The van der Waals surface area contributed by atoms with Crippen molar-refractivity contribution < 1.29 is 24.5 Å². The summed E-state index contributed by atoms with van der Waals surface area (Å²) in [6.07, 6.45) is 9.58. The topological polar surface area (TPSA) is 56.7 Å². The first-order valence-electron chi connectivity index (χ1n) is 23.2. The molecule has 0 spiro atoms. The van der Waals surface area contributed by atoms with E-state index in [2.05, 4.69) is 172 Å². The van der Waals surface area contributed by atoms with Gasteiger partial charge in [-0.25, -0.2) is 4.98 Å². The van der Waals surface area contributed by atoms with Crippen LogP contribution in [0.2, 0.25) is 17.3 Å². The average molecular weight is 1090 g/mol. The molecule has 0 bridgehead atoms. The van der Waals surface area contributed by atoms with E-state index in [1.165, 1.54) is 47.9 Å². The van der Waals surface area contributed by atoms with E-state index in [1.54, 1.807) is 4.40 Å². The van der Waals surface area contributed by atoms with Crippen molar-refractivity contribution >= 4 is 50.8 Å². The molecule has 5 nitrogen and oxygen atoms in total. The van der Waals surface area contributed by atoms with Crippen LogP contribution in [-0.4, -0.2) is 32.8 Å². The van der Waals surface area contributed by atoms with Crippen molar-refractivity contribution in [3.05, 3.63) is 163 Å². The Hall–Kier alpha value is -5.14. The van der Waals surface area contributed by atoms with Crippen molar-refractivity contribution in [3.63, 3.8) is 0 Å². The van der Waals surface area contributed by atoms with Crippen LogP contribution in [0.25, 0.3) is 72.6 Å². The summed E-state index contributed by atoms with van der Waals surface area (Å²) in [6, 6.07) is 51.4. The average Bonchev–Trinajstić information content (AvgIpc) is 4.04. The quantitative estimate of drug-likeness (QED) is 0.107. The van der Waals surface area contributed by atoms with Crippen molar-refractivity contribution in [2.75, 3.05) is 0 Å². The van der Waals surface area contributed by atoms with E-state index in [1.807, 2.05) is 30.3 Å². The van der Waals surface area contributed by atoms with E-state index in [-0.39, 0.29) is 25.5 Å². The Kier molecular flexibility index (Phi) is 13.8. The molecular formula is C58H60GeIrN4O-2. The maximum Gasteiger partial charge on any atom is 0 e. The number of nitrogens with zero attached hydrogens (tertiary/aromatic N) is 4. The number of benzene rings is 5. The van der Waals surface area contributed by atoms with E-state index < -0.39 is 13.3 Å². The minimum atomic E-state index is -1.86. The van der Waals surface area contributed by atoms with Crippen LogP contribution in [0.4, 0.5) is 0 Å². The van der Waals surface area contributed by atoms with Crippen LogP contribution in [0.5, 0.6) is 0 Å². The maximum atomic E-state index is 6.61. The minimum absolute atomic E-state index is 0. The second kappa shape index (κ2) is 19.4. The molecule has 1 fully saturated rings. The molecule has 1 aliphatic carbocycles. The van der Waals surface area contributed by atoms with Gasteiger partial charge in [-0.15, -0.1) is 18.2 Å². The van der Waals surface area contributed by atoms with Gasteiger partial charge in [0.05, 0.1) is 22.4 Å². The second-order valence-electron chi connectivity index (χ2n) is 20.2. The Morgan fingerprint density at radius 3 is 2.25 bits per heavy atom. The number of imidazole rings is 1. The molecule has 65 heavy (non-hydrogen) atoms. The Morgan fingerprint density at radius 1 is 0.769 bits per heavy atom. The molecule has 1 aliphatic rings. The summed E-state index contributed by atoms with van der Waals surface area (Å²) in [5, 5.41) is 2.08. The number of aromatic nitrogens is 4. The summed E-state index contributed by atoms with van der Waals surface area (Å²) in [5.74, 6) is 9.55. The van der Waals surface area contributed by atoms with Crippen molar-refractivity contribution in [2.24, 2.45) is 11.8 Å². The molecule has 9 aromatic rings. The van der Waals surface area contributed by atoms with Gasteiger partial charge in [0.1, 0.15) is 0 Å². The Morgan fingerprint density at radius 2 is 1.52 bits per heavy atom. The van der Waals surface area contributed by atoms with Gasteiger partial charge in [0, 0.05) is 36.9 Å². The van der Waals surface area contributed by atoms with Crippen LogP contribution in [0, 0.1) is 24.0 Å². The maximum absolute atomic E-state index is 6.61. The van der Waals surface area contributed by atoms with E-state index in [4.69, 9.17) is 19.4 Å². The predicted octanol–water partition coefficient (Wildman–Crippen LogP) is 14.8. The molecular weight excluding hydrogens is 1030 g/mol. The molecule has 0 N–H and O–H groups in total. The smallest absolute Gasteiger partial charge is 0 e. The molecule has 1 saturated carbocycles. The van der Waals surface area contributed by atoms with Crippen LogP contribution < -0.4 is 4.40 Å². The summed E-state index contributed by atoms with van der Waals surface area (Å²) in [4.78, 5) is 14.9. The molecule has 4 aromatic heterocycles. The van der Waals surface area contributed by atoms with Crippen molar-refractivity contribution in [1.82, 2.24) is 19.5 Å². The third-order valence-corrected chi connectivity index (χ3v) is 17.0. The summed E-state index contributed by atoms with van der Waals surface area (Å²) in [7, 11) is 0.